The minimum Gasteiger partial charge on any atom is -0.321 e. The van der Waals surface area contributed by atoms with Gasteiger partial charge in [-0.1, -0.05) is 49.1 Å². The van der Waals surface area contributed by atoms with Crippen LogP contribution in [0.2, 0.25) is 5.02 Å². The zero-order chi connectivity index (χ0) is 11.9. The molecule has 0 heterocycles. The summed E-state index contributed by atoms with van der Waals surface area (Å²) in [6, 6.07) is 8.07. The summed E-state index contributed by atoms with van der Waals surface area (Å²) >= 11 is 6.27. The first-order valence-corrected chi connectivity index (χ1v) is 7.05. The highest BCUT2D eigenvalue weighted by Crippen LogP contribution is 2.60. The first-order chi connectivity index (χ1) is 8.14. The molecular weight excluding hydrogens is 230 g/mol. The Morgan fingerprint density at radius 1 is 1.00 bits per heavy atom. The molecule has 3 rings (SSSR count). The van der Waals surface area contributed by atoms with E-state index >= 15 is 0 Å². The van der Waals surface area contributed by atoms with Crippen LogP contribution >= 0.6 is 11.6 Å². The fourth-order valence-corrected chi connectivity index (χ4v) is 4.32. The molecule has 2 aliphatic carbocycles. The largest absolute Gasteiger partial charge is 0.321 e. The van der Waals surface area contributed by atoms with Crippen molar-refractivity contribution in [3.63, 3.8) is 0 Å². The lowest BCUT2D eigenvalue weighted by molar-refractivity contribution is -0.00984. The van der Waals surface area contributed by atoms with Crippen LogP contribution in [0.3, 0.4) is 0 Å². The van der Waals surface area contributed by atoms with Crippen LogP contribution in [0.25, 0.3) is 0 Å². The molecule has 0 aliphatic heterocycles. The first-order valence-electron chi connectivity index (χ1n) is 6.68. The van der Waals surface area contributed by atoms with Crippen molar-refractivity contribution in [2.45, 2.75) is 50.5 Å². The van der Waals surface area contributed by atoms with Gasteiger partial charge < -0.3 is 5.73 Å². The number of benzene rings is 1. The number of halogens is 1. The van der Waals surface area contributed by atoms with Crippen molar-refractivity contribution >= 4 is 11.6 Å². The molecule has 2 heteroatoms. The summed E-state index contributed by atoms with van der Waals surface area (Å²) in [5, 5.41) is 0.834. The maximum atomic E-state index is 6.55. The molecule has 2 saturated carbocycles. The van der Waals surface area contributed by atoms with Crippen LogP contribution in [0.1, 0.15) is 50.5 Å². The van der Waals surface area contributed by atoms with Gasteiger partial charge in [0.25, 0.3) is 0 Å². The van der Waals surface area contributed by atoms with Crippen molar-refractivity contribution in [2.24, 2.45) is 11.1 Å². The van der Waals surface area contributed by atoms with Gasteiger partial charge in [0.2, 0.25) is 0 Å². The number of nitrogens with two attached hydrogens (primary N) is 1. The summed E-state index contributed by atoms with van der Waals surface area (Å²) in [6.07, 6.45) is 9.18. The minimum absolute atomic E-state index is 0.157. The quantitative estimate of drug-likeness (QED) is 0.792. The second kappa shape index (κ2) is 4.00. The highest BCUT2D eigenvalue weighted by Gasteiger charge is 2.53. The molecule has 1 nitrogen and oxygen atoms in total. The Morgan fingerprint density at radius 3 is 2.29 bits per heavy atom. The van der Waals surface area contributed by atoms with Crippen molar-refractivity contribution in [2.75, 3.05) is 0 Å². The molecule has 2 aliphatic rings. The Bertz CT molecular complexity index is 413. The highest BCUT2D eigenvalue weighted by molar-refractivity contribution is 6.31. The second-order valence-corrected chi connectivity index (χ2v) is 6.46. The summed E-state index contributed by atoms with van der Waals surface area (Å²) in [5.74, 6) is 0. The van der Waals surface area contributed by atoms with Crippen LogP contribution in [0.4, 0.5) is 0 Å². The topological polar surface area (TPSA) is 26.0 Å². The molecule has 0 bridgehead atoms. The summed E-state index contributed by atoms with van der Waals surface area (Å²) in [6.45, 7) is 0. The van der Waals surface area contributed by atoms with Gasteiger partial charge in [-0.2, -0.15) is 0 Å². The van der Waals surface area contributed by atoms with Crippen LogP contribution in [-0.2, 0) is 5.54 Å². The Morgan fingerprint density at radius 2 is 1.65 bits per heavy atom. The molecule has 0 unspecified atom stereocenters. The van der Waals surface area contributed by atoms with Crippen molar-refractivity contribution in [1.82, 2.24) is 0 Å². The maximum absolute atomic E-state index is 6.55. The molecule has 0 saturated heterocycles. The first kappa shape index (κ1) is 11.6. The van der Waals surface area contributed by atoms with Gasteiger partial charge in [0.1, 0.15) is 0 Å². The highest BCUT2D eigenvalue weighted by atomic mass is 35.5. The van der Waals surface area contributed by atoms with Crippen LogP contribution < -0.4 is 5.73 Å². The van der Waals surface area contributed by atoms with Gasteiger partial charge >= 0.3 is 0 Å². The van der Waals surface area contributed by atoms with E-state index in [-0.39, 0.29) is 5.54 Å². The lowest BCUT2D eigenvalue weighted by Crippen LogP contribution is -2.56. The Labute approximate surface area is 108 Å². The van der Waals surface area contributed by atoms with Crippen molar-refractivity contribution in [3.8, 4) is 0 Å². The third-order valence-corrected chi connectivity index (χ3v) is 5.03. The van der Waals surface area contributed by atoms with Gasteiger partial charge in [-0.25, -0.2) is 0 Å². The Kier molecular flexibility index (Phi) is 2.72. The van der Waals surface area contributed by atoms with Gasteiger partial charge in [-0.15, -0.1) is 0 Å². The van der Waals surface area contributed by atoms with Gasteiger partial charge in [-0.05, 0) is 42.7 Å². The van der Waals surface area contributed by atoms with Crippen molar-refractivity contribution < 1.29 is 0 Å². The average molecular weight is 250 g/mol. The van der Waals surface area contributed by atoms with Gasteiger partial charge in [-0.3, -0.25) is 0 Å². The maximum Gasteiger partial charge on any atom is 0.0456 e. The molecule has 0 aromatic heterocycles. The molecule has 0 amide bonds. The molecular formula is C15H20ClN. The average Bonchev–Trinajstić information content (AvgIpc) is 2.29. The monoisotopic (exact) mass is 249 g/mol. The summed E-state index contributed by atoms with van der Waals surface area (Å²) < 4.78 is 0. The van der Waals surface area contributed by atoms with Crippen LogP contribution in [0, 0.1) is 5.41 Å². The standard InChI is InChI=1S/C15H20ClN/c16-13-7-3-2-6-12(13)15(17)10-14(11-15)8-4-1-5-9-14/h2-3,6-7H,1,4-5,8-11,17H2. The fourth-order valence-electron chi connectivity index (χ4n) is 4.00. The molecule has 92 valence electrons. The summed E-state index contributed by atoms with van der Waals surface area (Å²) in [4.78, 5) is 0. The van der Waals surface area contributed by atoms with E-state index in [9.17, 15) is 0 Å². The van der Waals surface area contributed by atoms with E-state index < -0.39 is 0 Å². The number of hydrogen-bond acceptors (Lipinski definition) is 1. The second-order valence-electron chi connectivity index (χ2n) is 6.05. The summed E-state index contributed by atoms with van der Waals surface area (Å²) in [5.41, 5.74) is 8.09. The molecule has 2 fully saturated rings. The third kappa shape index (κ3) is 1.90. The van der Waals surface area contributed by atoms with Crippen molar-refractivity contribution in [1.29, 1.82) is 0 Å². The van der Waals surface area contributed by atoms with E-state index in [1.807, 2.05) is 18.2 Å². The van der Waals surface area contributed by atoms with Gasteiger partial charge in [0.15, 0.2) is 0 Å². The van der Waals surface area contributed by atoms with Crippen LogP contribution in [-0.4, -0.2) is 0 Å². The molecule has 1 aromatic carbocycles. The molecule has 2 N–H and O–H groups in total. The van der Waals surface area contributed by atoms with Gasteiger partial charge in [0.05, 0.1) is 0 Å². The number of rotatable bonds is 1. The number of hydrogen-bond donors (Lipinski definition) is 1. The lowest BCUT2D eigenvalue weighted by Gasteiger charge is -2.57. The van der Waals surface area contributed by atoms with Crippen molar-refractivity contribution in [3.05, 3.63) is 34.9 Å². The van der Waals surface area contributed by atoms with Crippen LogP contribution in [0.5, 0.6) is 0 Å². The molecule has 0 radical (unpaired) electrons. The predicted octanol–water partition coefficient (Wildman–Crippen LogP) is 4.24. The van der Waals surface area contributed by atoms with E-state index in [0.29, 0.717) is 5.41 Å². The molecule has 1 aromatic rings. The molecule has 1 spiro atoms. The summed E-state index contributed by atoms with van der Waals surface area (Å²) in [7, 11) is 0. The SMILES string of the molecule is NC1(c2ccccc2Cl)CC2(CCCCC2)C1. The van der Waals surface area contributed by atoms with Crippen LogP contribution in [0.15, 0.2) is 24.3 Å². The Balaban J connectivity index is 1.80. The fraction of sp³-hybridized carbons (Fsp3) is 0.600. The zero-order valence-electron chi connectivity index (χ0n) is 10.2. The molecule has 0 atom stereocenters. The third-order valence-electron chi connectivity index (χ3n) is 4.71. The predicted molar refractivity (Wildman–Crippen MR) is 72.1 cm³/mol. The van der Waals surface area contributed by atoms with E-state index in [0.717, 1.165) is 23.4 Å². The normalized spacial score (nSPS) is 25.5. The van der Waals surface area contributed by atoms with E-state index in [2.05, 4.69) is 6.07 Å². The van der Waals surface area contributed by atoms with E-state index in [4.69, 9.17) is 17.3 Å². The lowest BCUT2D eigenvalue weighted by atomic mass is 9.51. The van der Waals surface area contributed by atoms with E-state index in [1.54, 1.807) is 0 Å². The molecule has 17 heavy (non-hydrogen) atoms. The smallest absolute Gasteiger partial charge is 0.0456 e. The minimum atomic E-state index is -0.157. The van der Waals surface area contributed by atoms with Gasteiger partial charge in [0, 0.05) is 10.6 Å². The van der Waals surface area contributed by atoms with E-state index in [1.165, 1.54) is 32.1 Å². The Hall–Kier alpha value is -0.530. The zero-order valence-corrected chi connectivity index (χ0v) is 11.0.